The van der Waals surface area contributed by atoms with Gasteiger partial charge in [-0.2, -0.15) is 0 Å². The zero-order valence-electron chi connectivity index (χ0n) is 13.3. The number of para-hydroxylation sites is 1. The normalized spacial score (nSPS) is 11.9. The van der Waals surface area contributed by atoms with Crippen molar-refractivity contribution in [1.29, 1.82) is 0 Å². The van der Waals surface area contributed by atoms with E-state index in [-0.39, 0.29) is 11.2 Å². The molecule has 2 aromatic heterocycles. The molecule has 0 aliphatic rings. The quantitative estimate of drug-likeness (QED) is 0.525. The molecule has 0 aliphatic carbocycles. The Labute approximate surface area is 143 Å². The van der Waals surface area contributed by atoms with Crippen LogP contribution in [0.25, 0.3) is 17.1 Å². The fourth-order valence-electron chi connectivity index (χ4n) is 2.22. The summed E-state index contributed by atoms with van der Waals surface area (Å²) in [5, 5.41) is 8.83. The van der Waals surface area contributed by atoms with Crippen molar-refractivity contribution in [3.8, 4) is 17.1 Å². The van der Waals surface area contributed by atoms with Crippen LogP contribution in [0, 0.1) is 0 Å². The van der Waals surface area contributed by atoms with Crippen LogP contribution in [0.15, 0.2) is 60.0 Å². The largest absolute Gasteiger partial charge is 0.468 e. The van der Waals surface area contributed by atoms with E-state index in [1.54, 1.807) is 19.3 Å². The smallest absolute Gasteiger partial charge is 0.318 e. The van der Waals surface area contributed by atoms with Crippen molar-refractivity contribution in [3.05, 3.63) is 54.9 Å². The highest BCUT2D eigenvalue weighted by Crippen LogP contribution is 2.30. The lowest BCUT2D eigenvalue weighted by Crippen LogP contribution is -2.15. The van der Waals surface area contributed by atoms with Gasteiger partial charge in [0.25, 0.3) is 0 Å². The molecule has 122 valence electrons. The van der Waals surface area contributed by atoms with Gasteiger partial charge in [-0.3, -0.25) is 14.3 Å². The van der Waals surface area contributed by atoms with E-state index in [1.165, 1.54) is 18.9 Å². The van der Waals surface area contributed by atoms with Gasteiger partial charge in [0.15, 0.2) is 11.0 Å². The molecule has 1 atom stereocenters. The number of hydrogen-bond donors (Lipinski definition) is 0. The van der Waals surface area contributed by atoms with Gasteiger partial charge < -0.3 is 4.74 Å². The second kappa shape index (κ2) is 7.27. The molecular weight excluding hydrogens is 324 g/mol. The molecule has 3 rings (SSSR count). The summed E-state index contributed by atoms with van der Waals surface area (Å²) in [4.78, 5) is 15.8. The molecule has 0 aliphatic heterocycles. The first-order chi connectivity index (χ1) is 11.7. The van der Waals surface area contributed by atoms with Crippen molar-refractivity contribution in [1.82, 2.24) is 19.7 Å². The molecule has 1 aromatic carbocycles. The highest BCUT2D eigenvalue weighted by atomic mass is 32.2. The van der Waals surface area contributed by atoms with Gasteiger partial charge in [0.1, 0.15) is 5.25 Å². The minimum Gasteiger partial charge on any atom is -0.468 e. The Bertz CT molecular complexity index is 821. The summed E-state index contributed by atoms with van der Waals surface area (Å²) in [5.74, 6) is 0.399. The average Bonchev–Trinajstić information content (AvgIpc) is 3.06. The topological polar surface area (TPSA) is 69.9 Å². The van der Waals surface area contributed by atoms with E-state index in [4.69, 9.17) is 4.74 Å². The minimum atomic E-state index is -0.382. The Morgan fingerprint density at radius 3 is 2.50 bits per heavy atom. The molecule has 0 saturated carbocycles. The van der Waals surface area contributed by atoms with E-state index in [0.717, 1.165) is 11.3 Å². The number of hydrogen-bond acceptors (Lipinski definition) is 6. The van der Waals surface area contributed by atoms with Gasteiger partial charge in [0, 0.05) is 23.6 Å². The number of carbonyl (C=O) groups excluding carboxylic acids is 1. The number of pyridine rings is 1. The molecule has 0 fully saturated rings. The summed E-state index contributed by atoms with van der Waals surface area (Å²) in [6.07, 6.45) is 3.42. The number of aromatic nitrogens is 4. The number of carbonyl (C=O) groups is 1. The Morgan fingerprint density at radius 2 is 1.83 bits per heavy atom. The minimum absolute atomic E-state index is 0.298. The maximum Gasteiger partial charge on any atom is 0.318 e. The summed E-state index contributed by atoms with van der Waals surface area (Å²) in [6.45, 7) is 1.78. The second-order valence-corrected chi connectivity index (χ2v) is 6.30. The van der Waals surface area contributed by atoms with E-state index >= 15 is 0 Å². The number of benzene rings is 1. The summed E-state index contributed by atoms with van der Waals surface area (Å²) in [6, 6.07) is 13.5. The predicted octanol–water partition coefficient (Wildman–Crippen LogP) is 2.98. The Hall–Kier alpha value is -2.67. The molecule has 7 heteroatoms. The van der Waals surface area contributed by atoms with Crippen molar-refractivity contribution in [2.75, 3.05) is 7.11 Å². The zero-order valence-corrected chi connectivity index (χ0v) is 14.1. The molecule has 0 unspecified atom stereocenters. The predicted molar refractivity (Wildman–Crippen MR) is 91.9 cm³/mol. The number of esters is 1. The third-order valence-electron chi connectivity index (χ3n) is 3.40. The SMILES string of the molecule is COC(=O)[C@H](C)Sc1nnc(-c2ccncc2)n1-c1ccccc1. The van der Waals surface area contributed by atoms with Crippen LogP contribution >= 0.6 is 11.8 Å². The van der Waals surface area contributed by atoms with Crippen LogP contribution in [0.3, 0.4) is 0 Å². The first-order valence-corrected chi connectivity index (χ1v) is 8.24. The first kappa shape index (κ1) is 16.2. The lowest BCUT2D eigenvalue weighted by Gasteiger charge is -2.12. The third kappa shape index (κ3) is 3.30. The van der Waals surface area contributed by atoms with Gasteiger partial charge in [0.2, 0.25) is 0 Å². The van der Waals surface area contributed by atoms with Gasteiger partial charge in [-0.05, 0) is 31.2 Å². The molecule has 24 heavy (non-hydrogen) atoms. The molecule has 2 heterocycles. The van der Waals surface area contributed by atoms with Crippen LogP contribution < -0.4 is 0 Å². The van der Waals surface area contributed by atoms with Gasteiger partial charge in [-0.1, -0.05) is 30.0 Å². The van der Waals surface area contributed by atoms with Crippen molar-refractivity contribution in [3.63, 3.8) is 0 Å². The molecule has 0 saturated heterocycles. The molecule has 0 N–H and O–H groups in total. The van der Waals surface area contributed by atoms with Gasteiger partial charge in [0.05, 0.1) is 7.11 Å². The standard InChI is InChI=1S/C17H16N4O2S/c1-12(16(22)23-2)24-17-20-19-15(13-8-10-18-11-9-13)21(17)14-6-4-3-5-7-14/h3-12H,1-2H3/t12-/m0/s1. The number of ether oxygens (including phenoxy) is 1. The summed E-state index contributed by atoms with van der Waals surface area (Å²) >= 11 is 1.31. The molecule has 3 aromatic rings. The molecule has 6 nitrogen and oxygen atoms in total. The van der Waals surface area contributed by atoms with Crippen LogP contribution in [0.1, 0.15) is 6.92 Å². The van der Waals surface area contributed by atoms with Crippen molar-refractivity contribution < 1.29 is 9.53 Å². The van der Waals surface area contributed by atoms with Crippen LogP contribution in [0.2, 0.25) is 0 Å². The summed E-state index contributed by atoms with van der Waals surface area (Å²) in [5.41, 5.74) is 1.83. The average molecular weight is 340 g/mol. The maximum absolute atomic E-state index is 11.7. The number of methoxy groups -OCH3 is 1. The molecular formula is C17H16N4O2S. The fourth-order valence-corrected chi connectivity index (χ4v) is 3.11. The van der Waals surface area contributed by atoms with Crippen LogP contribution in [-0.4, -0.2) is 38.1 Å². The first-order valence-electron chi connectivity index (χ1n) is 7.36. The lowest BCUT2D eigenvalue weighted by molar-refractivity contribution is -0.139. The lowest BCUT2D eigenvalue weighted by atomic mass is 10.2. The molecule has 0 amide bonds. The van der Waals surface area contributed by atoms with Gasteiger partial charge in [-0.25, -0.2) is 0 Å². The van der Waals surface area contributed by atoms with E-state index < -0.39 is 0 Å². The van der Waals surface area contributed by atoms with Gasteiger partial charge >= 0.3 is 5.97 Å². The van der Waals surface area contributed by atoms with Gasteiger partial charge in [-0.15, -0.1) is 10.2 Å². The van der Waals surface area contributed by atoms with E-state index in [9.17, 15) is 4.79 Å². The number of nitrogens with zero attached hydrogens (tertiary/aromatic N) is 4. The molecule has 0 radical (unpaired) electrons. The van der Waals surface area contributed by atoms with Crippen molar-refractivity contribution in [2.24, 2.45) is 0 Å². The van der Waals surface area contributed by atoms with E-state index in [0.29, 0.717) is 11.0 Å². The highest BCUT2D eigenvalue weighted by Gasteiger charge is 2.22. The Morgan fingerprint density at radius 1 is 1.12 bits per heavy atom. The van der Waals surface area contributed by atoms with Crippen LogP contribution in [0.4, 0.5) is 0 Å². The van der Waals surface area contributed by atoms with E-state index in [1.807, 2.05) is 47.0 Å². The van der Waals surface area contributed by atoms with Crippen molar-refractivity contribution in [2.45, 2.75) is 17.3 Å². The molecule has 0 spiro atoms. The maximum atomic E-state index is 11.7. The van der Waals surface area contributed by atoms with Crippen molar-refractivity contribution >= 4 is 17.7 Å². The Kier molecular flexibility index (Phi) is 4.90. The van der Waals surface area contributed by atoms with Crippen LogP contribution in [0.5, 0.6) is 0 Å². The fraction of sp³-hybridized carbons (Fsp3) is 0.176. The van der Waals surface area contributed by atoms with E-state index in [2.05, 4.69) is 15.2 Å². The molecule has 0 bridgehead atoms. The Balaban J connectivity index is 2.07. The van der Waals surface area contributed by atoms with Crippen LogP contribution in [-0.2, 0) is 9.53 Å². The number of rotatable bonds is 5. The monoisotopic (exact) mass is 340 g/mol. The summed E-state index contributed by atoms with van der Waals surface area (Å²) < 4.78 is 6.73. The second-order valence-electron chi connectivity index (χ2n) is 5.00. The highest BCUT2D eigenvalue weighted by molar-refractivity contribution is 8.00. The third-order valence-corrected chi connectivity index (χ3v) is 4.42. The zero-order chi connectivity index (χ0) is 16.9. The summed E-state index contributed by atoms with van der Waals surface area (Å²) in [7, 11) is 1.38. The number of thioether (sulfide) groups is 1.